The van der Waals surface area contributed by atoms with Gasteiger partial charge in [0.1, 0.15) is 11.6 Å². The molecule has 7 heteroatoms. The van der Waals surface area contributed by atoms with Crippen molar-refractivity contribution in [3.8, 4) is 0 Å². The van der Waals surface area contributed by atoms with E-state index in [0.717, 1.165) is 23.8 Å². The topological polar surface area (TPSA) is 59.8 Å². The minimum absolute atomic E-state index is 0.189. The number of nitrogens with one attached hydrogen (secondary N) is 1. The molecule has 0 aliphatic heterocycles. The number of benzene rings is 2. The summed E-state index contributed by atoms with van der Waals surface area (Å²) in [5, 5.41) is 12.1. The third kappa shape index (κ3) is 4.54. The van der Waals surface area contributed by atoms with Gasteiger partial charge < -0.3 is 9.88 Å². The molecule has 1 aliphatic carbocycles. The van der Waals surface area contributed by atoms with Crippen LogP contribution in [0.25, 0.3) is 0 Å². The number of aromatic nitrogens is 3. The molecule has 0 bridgehead atoms. The predicted molar refractivity (Wildman–Crippen MR) is 103 cm³/mol. The van der Waals surface area contributed by atoms with Crippen molar-refractivity contribution in [2.45, 2.75) is 30.5 Å². The van der Waals surface area contributed by atoms with Crippen molar-refractivity contribution in [2.24, 2.45) is 0 Å². The fraction of sp³-hybridized carbons (Fsp3) is 0.250. The van der Waals surface area contributed by atoms with Crippen LogP contribution in [0, 0.1) is 5.82 Å². The van der Waals surface area contributed by atoms with Gasteiger partial charge in [-0.25, -0.2) is 4.39 Å². The van der Waals surface area contributed by atoms with E-state index in [1.807, 2.05) is 18.2 Å². The molecule has 0 radical (unpaired) electrons. The Balaban J connectivity index is 1.44. The Hall–Kier alpha value is -2.67. The van der Waals surface area contributed by atoms with Crippen LogP contribution in [-0.4, -0.2) is 26.4 Å². The second kappa shape index (κ2) is 7.92. The highest BCUT2D eigenvalue weighted by Crippen LogP contribution is 2.40. The molecule has 1 amide bonds. The van der Waals surface area contributed by atoms with Crippen molar-refractivity contribution in [1.29, 1.82) is 0 Å². The van der Waals surface area contributed by atoms with E-state index in [-0.39, 0.29) is 17.5 Å². The first-order chi connectivity index (χ1) is 13.2. The summed E-state index contributed by atoms with van der Waals surface area (Å²) < 4.78 is 15.3. The number of anilines is 1. The lowest BCUT2D eigenvalue weighted by Gasteiger charge is -2.10. The van der Waals surface area contributed by atoms with E-state index in [0.29, 0.717) is 18.2 Å². The molecular formula is C20H19FN4OS. The fourth-order valence-corrected chi connectivity index (χ4v) is 3.60. The summed E-state index contributed by atoms with van der Waals surface area (Å²) in [6.07, 6.45) is 2.27. The molecule has 1 aliphatic rings. The van der Waals surface area contributed by atoms with Crippen molar-refractivity contribution in [3.63, 3.8) is 0 Å². The third-order valence-electron chi connectivity index (χ3n) is 4.31. The molecule has 4 rings (SSSR count). The SMILES string of the molecule is O=C(CSc1nnc(C2CC2)n1Cc1ccccc1)Nc1cccc(F)c1. The van der Waals surface area contributed by atoms with E-state index < -0.39 is 0 Å². The monoisotopic (exact) mass is 382 g/mol. The Labute approximate surface area is 161 Å². The molecule has 0 atom stereocenters. The van der Waals surface area contributed by atoms with Crippen LogP contribution in [0.3, 0.4) is 0 Å². The second-order valence-electron chi connectivity index (χ2n) is 6.53. The van der Waals surface area contributed by atoms with E-state index in [1.165, 1.54) is 29.5 Å². The number of carbonyl (C=O) groups excluding carboxylic acids is 1. The lowest BCUT2D eigenvalue weighted by Crippen LogP contribution is -2.15. The van der Waals surface area contributed by atoms with Crippen molar-refractivity contribution in [3.05, 3.63) is 71.8 Å². The van der Waals surface area contributed by atoms with Gasteiger partial charge in [-0.1, -0.05) is 48.2 Å². The summed E-state index contributed by atoms with van der Waals surface area (Å²) in [4.78, 5) is 12.2. The van der Waals surface area contributed by atoms with E-state index in [1.54, 1.807) is 12.1 Å². The van der Waals surface area contributed by atoms with Gasteiger partial charge in [-0.2, -0.15) is 0 Å². The number of rotatable bonds is 7. The van der Waals surface area contributed by atoms with Gasteiger partial charge in [0.25, 0.3) is 0 Å². The highest BCUT2D eigenvalue weighted by atomic mass is 32.2. The van der Waals surface area contributed by atoms with Gasteiger partial charge in [-0.3, -0.25) is 4.79 Å². The summed E-state index contributed by atoms with van der Waals surface area (Å²) >= 11 is 1.35. The molecule has 5 nitrogen and oxygen atoms in total. The zero-order chi connectivity index (χ0) is 18.6. The average molecular weight is 382 g/mol. The number of hydrogen-bond donors (Lipinski definition) is 1. The van der Waals surface area contributed by atoms with Crippen molar-refractivity contribution in [1.82, 2.24) is 14.8 Å². The molecule has 27 heavy (non-hydrogen) atoms. The van der Waals surface area contributed by atoms with Gasteiger partial charge in [0.05, 0.1) is 12.3 Å². The van der Waals surface area contributed by atoms with Crippen LogP contribution in [0.5, 0.6) is 0 Å². The molecular weight excluding hydrogens is 363 g/mol. The molecule has 1 fully saturated rings. The van der Waals surface area contributed by atoms with Crippen molar-refractivity contribution in [2.75, 3.05) is 11.1 Å². The highest BCUT2D eigenvalue weighted by molar-refractivity contribution is 7.99. The Bertz CT molecular complexity index is 940. The van der Waals surface area contributed by atoms with E-state index in [2.05, 4.69) is 32.2 Å². The largest absolute Gasteiger partial charge is 0.325 e. The number of carbonyl (C=O) groups is 1. The van der Waals surface area contributed by atoms with Gasteiger partial charge in [0.2, 0.25) is 5.91 Å². The smallest absolute Gasteiger partial charge is 0.234 e. The normalized spacial score (nSPS) is 13.5. The summed E-state index contributed by atoms with van der Waals surface area (Å²) in [7, 11) is 0. The van der Waals surface area contributed by atoms with E-state index in [9.17, 15) is 9.18 Å². The van der Waals surface area contributed by atoms with E-state index in [4.69, 9.17) is 0 Å². The van der Waals surface area contributed by atoms with Crippen LogP contribution >= 0.6 is 11.8 Å². The van der Waals surface area contributed by atoms with Crippen LogP contribution in [0.15, 0.2) is 59.8 Å². The van der Waals surface area contributed by atoms with Gasteiger partial charge in [-0.15, -0.1) is 10.2 Å². The minimum atomic E-state index is -0.378. The van der Waals surface area contributed by atoms with Gasteiger partial charge in [-0.05, 0) is 36.6 Å². The lowest BCUT2D eigenvalue weighted by molar-refractivity contribution is -0.113. The molecule has 138 valence electrons. The Morgan fingerprint density at radius 2 is 1.96 bits per heavy atom. The Kier molecular flexibility index (Phi) is 5.20. The van der Waals surface area contributed by atoms with Gasteiger partial charge in [0, 0.05) is 11.6 Å². The molecule has 0 spiro atoms. The molecule has 3 aromatic rings. The summed E-state index contributed by atoms with van der Waals surface area (Å²) in [6, 6.07) is 16.0. The summed E-state index contributed by atoms with van der Waals surface area (Å²) in [5.74, 6) is 1.07. The van der Waals surface area contributed by atoms with Crippen LogP contribution in [0.2, 0.25) is 0 Å². The van der Waals surface area contributed by atoms with E-state index >= 15 is 0 Å². The molecule has 1 saturated carbocycles. The van der Waals surface area contributed by atoms with Crippen LogP contribution in [0.1, 0.15) is 30.1 Å². The van der Waals surface area contributed by atoms with Crippen LogP contribution in [-0.2, 0) is 11.3 Å². The van der Waals surface area contributed by atoms with Crippen LogP contribution in [0.4, 0.5) is 10.1 Å². The quantitative estimate of drug-likeness (QED) is 0.626. The number of halogens is 1. The minimum Gasteiger partial charge on any atom is -0.325 e. The number of amides is 1. The number of thioether (sulfide) groups is 1. The zero-order valence-electron chi connectivity index (χ0n) is 14.6. The van der Waals surface area contributed by atoms with Crippen LogP contribution < -0.4 is 5.32 Å². The Morgan fingerprint density at radius 3 is 2.70 bits per heavy atom. The summed E-state index contributed by atoms with van der Waals surface area (Å²) in [5.41, 5.74) is 1.62. The molecule has 1 heterocycles. The molecule has 0 saturated heterocycles. The first kappa shape index (κ1) is 17.7. The fourth-order valence-electron chi connectivity index (χ4n) is 2.86. The maximum absolute atomic E-state index is 13.2. The summed E-state index contributed by atoms with van der Waals surface area (Å²) in [6.45, 7) is 0.688. The maximum Gasteiger partial charge on any atom is 0.234 e. The molecule has 2 aromatic carbocycles. The first-order valence-corrected chi connectivity index (χ1v) is 9.83. The number of hydrogen-bond acceptors (Lipinski definition) is 4. The third-order valence-corrected chi connectivity index (χ3v) is 5.28. The second-order valence-corrected chi connectivity index (χ2v) is 7.48. The maximum atomic E-state index is 13.2. The lowest BCUT2D eigenvalue weighted by atomic mass is 10.2. The Morgan fingerprint density at radius 1 is 1.15 bits per heavy atom. The average Bonchev–Trinajstić information content (AvgIpc) is 3.43. The van der Waals surface area contributed by atoms with Crippen molar-refractivity contribution >= 4 is 23.4 Å². The molecule has 1 N–H and O–H groups in total. The van der Waals surface area contributed by atoms with Gasteiger partial charge in [0.15, 0.2) is 5.16 Å². The standard InChI is InChI=1S/C20H19FN4OS/c21-16-7-4-8-17(11-16)22-18(26)13-27-20-24-23-19(15-9-10-15)25(20)12-14-5-2-1-3-6-14/h1-8,11,15H,9-10,12-13H2,(H,22,26). The highest BCUT2D eigenvalue weighted by Gasteiger charge is 2.30. The molecule has 0 unspecified atom stereocenters. The zero-order valence-corrected chi connectivity index (χ0v) is 15.5. The number of nitrogens with zero attached hydrogens (tertiary/aromatic N) is 3. The van der Waals surface area contributed by atoms with Gasteiger partial charge >= 0.3 is 0 Å². The predicted octanol–water partition coefficient (Wildman–Crippen LogP) is 4.07. The van der Waals surface area contributed by atoms with Crippen molar-refractivity contribution < 1.29 is 9.18 Å². The molecule has 1 aromatic heterocycles. The first-order valence-electron chi connectivity index (χ1n) is 8.84.